The molecule has 6 nitrogen and oxygen atoms in total. The van der Waals surface area contributed by atoms with Crippen molar-refractivity contribution in [3.8, 4) is 0 Å². The number of aryl methyl sites for hydroxylation is 1. The fraction of sp³-hybridized carbons (Fsp3) is 0.500. The van der Waals surface area contributed by atoms with Crippen LogP contribution in [0.3, 0.4) is 0 Å². The van der Waals surface area contributed by atoms with E-state index < -0.39 is 0 Å². The Hall–Kier alpha value is -1.72. The van der Waals surface area contributed by atoms with Crippen LogP contribution in [0, 0.1) is 0 Å². The monoisotopic (exact) mass is 196 g/mol. The summed E-state index contributed by atoms with van der Waals surface area (Å²) in [6.45, 7) is 0.967. The molecule has 0 unspecified atom stereocenters. The zero-order valence-electron chi connectivity index (χ0n) is 8.15. The molecular formula is C8H12N4O2. The van der Waals surface area contributed by atoms with Crippen molar-refractivity contribution in [2.45, 2.75) is 13.1 Å². The van der Waals surface area contributed by atoms with Crippen LogP contribution in [0.2, 0.25) is 0 Å². The molecule has 0 spiro atoms. The predicted octanol–water partition coefficient (Wildman–Crippen LogP) is 0.0843. The van der Waals surface area contributed by atoms with Crippen molar-refractivity contribution < 1.29 is 9.53 Å². The Kier molecular flexibility index (Phi) is 1.83. The zero-order chi connectivity index (χ0) is 10.3. The number of anilines is 1. The largest absolute Gasteiger partial charge is 0.453 e. The molecule has 2 heterocycles. The molecule has 0 fully saturated rings. The average molecular weight is 196 g/mol. The van der Waals surface area contributed by atoms with Crippen molar-refractivity contribution in [3.05, 3.63) is 11.3 Å². The molecule has 0 saturated heterocycles. The molecule has 14 heavy (non-hydrogen) atoms. The van der Waals surface area contributed by atoms with Gasteiger partial charge < -0.3 is 10.5 Å². The SMILES string of the molecule is COC(=O)N1Cc2nn(C)c(N)c2C1. The fourth-order valence-electron chi connectivity index (χ4n) is 1.62. The van der Waals surface area contributed by atoms with Crippen molar-refractivity contribution in [2.75, 3.05) is 12.8 Å². The Labute approximate surface area is 81.2 Å². The molecule has 2 N–H and O–H groups in total. The van der Waals surface area contributed by atoms with Crippen LogP contribution in [-0.2, 0) is 24.9 Å². The van der Waals surface area contributed by atoms with Gasteiger partial charge in [-0.1, -0.05) is 0 Å². The fourth-order valence-corrected chi connectivity index (χ4v) is 1.62. The van der Waals surface area contributed by atoms with Gasteiger partial charge in [-0.25, -0.2) is 4.79 Å². The van der Waals surface area contributed by atoms with Gasteiger partial charge in [-0.15, -0.1) is 0 Å². The van der Waals surface area contributed by atoms with Crippen molar-refractivity contribution in [3.63, 3.8) is 0 Å². The maximum atomic E-state index is 11.2. The Bertz CT molecular complexity index is 385. The van der Waals surface area contributed by atoms with Crippen molar-refractivity contribution in [1.29, 1.82) is 0 Å². The minimum atomic E-state index is -0.343. The van der Waals surface area contributed by atoms with Crippen molar-refractivity contribution in [2.24, 2.45) is 7.05 Å². The van der Waals surface area contributed by atoms with Gasteiger partial charge in [0.2, 0.25) is 0 Å². The molecule has 1 amide bonds. The van der Waals surface area contributed by atoms with E-state index in [-0.39, 0.29) is 6.09 Å². The lowest BCUT2D eigenvalue weighted by Gasteiger charge is -2.13. The molecule has 0 atom stereocenters. The molecule has 1 aromatic heterocycles. The van der Waals surface area contributed by atoms with Gasteiger partial charge in [0.1, 0.15) is 5.82 Å². The first-order valence-electron chi connectivity index (χ1n) is 4.26. The minimum absolute atomic E-state index is 0.343. The number of hydrogen-bond acceptors (Lipinski definition) is 4. The number of nitrogens with zero attached hydrogens (tertiary/aromatic N) is 3. The Morgan fingerprint density at radius 1 is 1.57 bits per heavy atom. The summed E-state index contributed by atoms with van der Waals surface area (Å²) in [4.78, 5) is 12.8. The highest BCUT2D eigenvalue weighted by atomic mass is 16.5. The third-order valence-electron chi connectivity index (χ3n) is 2.40. The van der Waals surface area contributed by atoms with Gasteiger partial charge in [0.05, 0.1) is 25.9 Å². The van der Waals surface area contributed by atoms with Crippen LogP contribution in [-0.4, -0.2) is 27.9 Å². The van der Waals surface area contributed by atoms with Crippen LogP contribution in [0.5, 0.6) is 0 Å². The van der Waals surface area contributed by atoms with Crippen LogP contribution in [0.1, 0.15) is 11.3 Å². The number of hydrogen-bond donors (Lipinski definition) is 1. The standard InChI is InChI=1S/C8H12N4O2/c1-11-7(9)5-3-12(8(13)14-2)4-6(5)10-11/h3-4,9H2,1-2H3. The molecule has 6 heteroatoms. The van der Waals surface area contributed by atoms with Gasteiger partial charge in [-0.05, 0) is 0 Å². The van der Waals surface area contributed by atoms with E-state index >= 15 is 0 Å². The summed E-state index contributed by atoms with van der Waals surface area (Å²) in [6.07, 6.45) is -0.343. The summed E-state index contributed by atoms with van der Waals surface area (Å²) < 4.78 is 6.24. The van der Waals surface area contributed by atoms with E-state index in [0.29, 0.717) is 18.9 Å². The highest BCUT2D eigenvalue weighted by Gasteiger charge is 2.28. The second-order valence-corrected chi connectivity index (χ2v) is 3.26. The molecule has 0 aliphatic carbocycles. The molecule has 0 radical (unpaired) electrons. The third-order valence-corrected chi connectivity index (χ3v) is 2.40. The van der Waals surface area contributed by atoms with E-state index in [0.717, 1.165) is 11.3 Å². The lowest BCUT2D eigenvalue weighted by Crippen LogP contribution is -2.25. The first kappa shape index (κ1) is 8.86. The lowest BCUT2D eigenvalue weighted by atomic mass is 10.3. The Morgan fingerprint density at radius 3 is 2.86 bits per heavy atom. The molecule has 0 bridgehead atoms. The van der Waals surface area contributed by atoms with E-state index in [1.54, 1.807) is 16.6 Å². The van der Waals surface area contributed by atoms with Gasteiger partial charge in [0.25, 0.3) is 0 Å². The number of nitrogen functional groups attached to an aromatic ring is 1. The summed E-state index contributed by atoms with van der Waals surface area (Å²) in [5, 5.41) is 4.20. The molecular weight excluding hydrogens is 184 g/mol. The number of carbonyl (C=O) groups excluding carboxylic acids is 1. The summed E-state index contributed by atoms with van der Waals surface area (Å²) in [6, 6.07) is 0. The van der Waals surface area contributed by atoms with Crippen LogP contribution < -0.4 is 5.73 Å². The normalized spacial score (nSPS) is 14.3. The van der Waals surface area contributed by atoms with Gasteiger partial charge in [-0.2, -0.15) is 5.10 Å². The van der Waals surface area contributed by atoms with Gasteiger partial charge in [-0.3, -0.25) is 9.58 Å². The Balaban J connectivity index is 2.23. The maximum Gasteiger partial charge on any atom is 0.410 e. The lowest BCUT2D eigenvalue weighted by molar-refractivity contribution is 0.122. The summed E-state index contributed by atoms with van der Waals surface area (Å²) >= 11 is 0. The van der Waals surface area contributed by atoms with E-state index in [2.05, 4.69) is 9.84 Å². The molecule has 0 saturated carbocycles. The smallest absolute Gasteiger partial charge is 0.410 e. The molecule has 1 aromatic rings. The summed E-state index contributed by atoms with van der Waals surface area (Å²) in [5.41, 5.74) is 7.56. The van der Waals surface area contributed by atoms with Gasteiger partial charge in [0.15, 0.2) is 0 Å². The molecule has 1 aliphatic heterocycles. The van der Waals surface area contributed by atoms with Crippen LogP contribution in [0.4, 0.5) is 10.6 Å². The van der Waals surface area contributed by atoms with Crippen LogP contribution >= 0.6 is 0 Å². The zero-order valence-corrected chi connectivity index (χ0v) is 8.15. The van der Waals surface area contributed by atoms with Gasteiger partial charge >= 0.3 is 6.09 Å². The first-order valence-corrected chi connectivity index (χ1v) is 4.26. The first-order chi connectivity index (χ1) is 6.63. The summed E-state index contributed by atoms with van der Waals surface area (Å²) in [7, 11) is 3.15. The highest BCUT2D eigenvalue weighted by molar-refractivity contribution is 5.69. The third kappa shape index (κ3) is 1.11. The van der Waals surface area contributed by atoms with E-state index in [1.165, 1.54) is 7.11 Å². The number of rotatable bonds is 0. The number of ether oxygens (including phenoxy) is 1. The predicted molar refractivity (Wildman–Crippen MR) is 49.3 cm³/mol. The minimum Gasteiger partial charge on any atom is -0.453 e. The number of aromatic nitrogens is 2. The quantitative estimate of drug-likeness (QED) is 0.638. The molecule has 2 rings (SSSR count). The van der Waals surface area contributed by atoms with Crippen molar-refractivity contribution in [1.82, 2.24) is 14.7 Å². The summed E-state index contributed by atoms with van der Waals surface area (Å²) in [5.74, 6) is 0.617. The molecule has 1 aliphatic rings. The number of fused-ring (bicyclic) bond motifs is 1. The van der Waals surface area contributed by atoms with Gasteiger partial charge in [0, 0.05) is 12.6 Å². The Morgan fingerprint density at radius 2 is 2.29 bits per heavy atom. The van der Waals surface area contributed by atoms with Crippen molar-refractivity contribution >= 4 is 11.9 Å². The number of nitrogens with two attached hydrogens (primary N) is 1. The number of amides is 1. The second kappa shape index (κ2) is 2.90. The highest BCUT2D eigenvalue weighted by Crippen LogP contribution is 2.26. The van der Waals surface area contributed by atoms with E-state index in [4.69, 9.17) is 5.73 Å². The van der Waals surface area contributed by atoms with E-state index in [9.17, 15) is 4.79 Å². The number of methoxy groups -OCH3 is 1. The van der Waals surface area contributed by atoms with Crippen LogP contribution in [0.25, 0.3) is 0 Å². The average Bonchev–Trinajstić information content (AvgIpc) is 2.68. The maximum absolute atomic E-state index is 11.2. The second-order valence-electron chi connectivity index (χ2n) is 3.26. The van der Waals surface area contributed by atoms with E-state index in [1.807, 2.05) is 0 Å². The number of carbonyl (C=O) groups is 1. The molecule has 0 aromatic carbocycles. The van der Waals surface area contributed by atoms with Crippen LogP contribution in [0.15, 0.2) is 0 Å². The molecule has 76 valence electrons. The topological polar surface area (TPSA) is 73.4 Å².